The number of anilines is 2. The molecule has 0 spiro atoms. The van der Waals surface area contributed by atoms with Gasteiger partial charge < -0.3 is 21.7 Å². The molecule has 6 nitrogen and oxygen atoms in total. The third kappa shape index (κ3) is 5.23. The quantitative estimate of drug-likeness (QED) is 0.616. The van der Waals surface area contributed by atoms with Gasteiger partial charge in [0, 0.05) is 6.04 Å². The third-order valence-electron chi connectivity index (χ3n) is 2.33. The van der Waals surface area contributed by atoms with Crippen LogP contribution in [0.1, 0.15) is 13.8 Å². The van der Waals surface area contributed by atoms with Crippen LogP contribution in [-0.2, 0) is 9.59 Å². The molecule has 20 heavy (non-hydrogen) atoms. The zero-order chi connectivity index (χ0) is 15.1. The Hall–Kier alpha value is -2.15. The van der Waals surface area contributed by atoms with E-state index in [2.05, 4.69) is 16.0 Å². The van der Waals surface area contributed by atoms with E-state index in [1.54, 1.807) is 6.07 Å². The standard InChI is InChI=1S/C13H19FN4O2/c1-8(2)17-10-4-3-9(14)5-11(10)18-13(20)7-16-12(19)6-15/h3-5,8,17H,6-7,15H2,1-2H3,(H,16,19)(H,18,20). The van der Waals surface area contributed by atoms with Crippen LogP contribution in [0, 0.1) is 5.82 Å². The van der Waals surface area contributed by atoms with Crippen LogP contribution in [0.2, 0.25) is 0 Å². The Morgan fingerprint density at radius 3 is 2.55 bits per heavy atom. The maximum atomic E-state index is 13.2. The minimum absolute atomic E-state index is 0.132. The van der Waals surface area contributed by atoms with Crippen molar-refractivity contribution in [3.05, 3.63) is 24.0 Å². The summed E-state index contributed by atoms with van der Waals surface area (Å²) >= 11 is 0. The van der Waals surface area contributed by atoms with Crippen LogP contribution < -0.4 is 21.7 Å². The first-order chi connectivity index (χ1) is 9.42. The molecule has 1 rings (SSSR count). The lowest BCUT2D eigenvalue weighted by Crippen LogP contribution is -2.36. The number of hydrogen-bond acceptors (Lipinski definition) is 4. The van der Waals surface area contributed by atoms with E-state index in [0.29, 0.717) is 11.4 Å². The second kappa shape index (κ2) is 7.44. The van der Waals surface area contributed by atoms with Crippen molar-refractivity contribution in [2.45, 2.75) is 19.9 Å². The molecule has 110 valence electrons. The van der Waals surface area contributed by atoms with Crippen LogP contribution in [0.5, 0.6) is 0 Å². The van der Waals surface area contributed by atoms with Crippen molar-refractivity contribution in [3.8, 4) is 0 Å². The van der Waals surface area contributed by atoms with Crippen LogP contribution >= 0.6 is 0 Å². The fourth-order valence-corrected chi connectivity index (χ4v) is 1.50. The first-order valence-electron chi connectivity index (χ1n) is 6.25. The van der Waals surface area contributed by atoms with Gasteiger partial charge >= 0.3 is 0 Å². The summed E-state index contributed by atoms with van der Waals surface area (Å²) in [6.07, 6.45) is 0. The Kier molecular flexibility index (Phi) is 5.92. The van der Waals surface area contributed by atoms with E-state index in [1.165, 1.54) is 12.1 Å². The fourth-order valence-electron chi connectivity index (χ4n) is 1.50. The predicted octanol–water partition coefficient (Wildman–Crippen LogP) is 0.659. The molecule has 0 aliphatic carbocycles. The zero-order valence-electron chi connectivity index (χ0n) is 11.5. The molecule has 1 aromatic rings. The van der Waals surface area contributed by atoms with E-state index in [4.69, 9.17) is 5.73 Å². The van der Waals surface area contributed by atoms with Crippen molar-refractivity contribution in [1.29, 1.82) is 0 Å². The molecule has 0 bridgehead atoms. The minimum Gasteiger partial charge on any atom is -0.381 e. The molecule has 0 saturated carbocycles. The Morgan fingerprint density at radius 1 is 1.25 bits per heavy atom. The monoisotopic (exact) mass is 282 g/mol. The second-order valence-corrected chi connectivity index (χ2v) is 4.52. The SMILES string of the molecule is CC(C)Nc1ccc(F)cc1NC(=O)CNC(=O)CN. The van der Waals surface area contributed by atoms with Crippen molar-refractivity contribution in [3.63, 3.8) is 0 Å². The van der Waals surface area contributed by atoms with Crippen molar-refractivity contribution in [2.24, 2.45) is 5.73 Å². The molecule has 0 aromatic heterocycles. The molecule has 0 saturated heterocycles. The minimum atomic E-state index is -0.458. The maximum absolute atomic E-state index is 13.2. The van der Waals surface area contributed by atoms with Crippen LogP contribution in [0.4, 0.5) is 15.8 Å². The van der Waals surface area contributed by atoms with Gasteiger partial charge in [-0.05, 0) is 32.0 Å². The highest BCUT2D eigenvalue weighted by Crippen LogP contribution is 2.23. The highest BCUT2D eigenvalue weighted by Gasteiger charge is 2.10. The predicted molar refractivity (Wildman–Crippen MR) is 75.9 cm³/mol. The maximum Gasteiger partial charge on any atom is 0.243 e. The number of nitrogens with two attached hydrogens (primary N) is 1. The second-order valence-electron chi connectivity index (χ2n) is 4.52. The summed E-state index contributed by atoms with van der Waals surface area (Å²) in [6, 6.07) is 4.20. The Labute approximate surface area is 116 Å². The molecule has 0 aliphatic rings. The molecule has 0 atom stereocenters. The van der Waals surface area contributed by atoms with Gasteiger partial charge in [-0.1, -0.05) is 0 Å². The normalized spacial score (nSPS) is 10.2. The molecule has 5 N–H and O–H groups in total. The van der Waals surface area contributed by atoms with Crippen LogP contribution in [-0.4, -0.2) is 30.9 Å². The van der Waals surface area contributed by atoms with E-state index in [1.807, 2.05) is 13.8 Å². The van der Waals surface area contributed by atoms with Gasteiger partial charge in [-0.25, -0.2) is 4.39 Å². The molecule has 1 aromatic carbocycles. The van der Waals surface area contributed by atoms with Crippen molar-refractivity contribution >= 4 is 23.2 Å². The van der Waals surface area contributed by atoms with E-state index >= 15 is 0 Å². The molecule has 7 heteroatoms. The summed E-state index contributed by atoms with van der Waals surface area (Å²) in [4.78, 5) is 22.6. The van der Waals surface area contributed by atoms with E-state index < -0.39 is 17.6 Å². The first kappa shape index (κ1) is 15.9. The Balaban J connectivity index is 2.72. The van der Waals surface area contributed by atoms with Gasteiger partial charge in [0.25, 0.3) is 0 Å². The number of halogens is 1. The Morgan fingerprint density at radius 2 is 1.95 bits per heavy atom. The molecule has 0 heterocycles. The molecule has 2 amide bonds. The molecule has 0 unspecified atom stereocenters. The lowest BCUT2D eigenvalue weighted by atomic mass is 10.2. The summed E-state index contributed by atoms with van der Waals surface area (Å²) in [5.74, 6) is -1.34. The number of nitrogens with one attached hydrogen (secondary N) is 3. The molecular weight excluding hydrogens is 263 g/mol. The first-order valence-corrected chi connectivity index (χ1v) is 6.25. The highest BCUT2D eigenvalue weighted by atomic mass is 19.1. The number of hydrogen-bond donors (Lipinski definition) is 4. The summed E-state index contributed by atoms with van der Waals surface area (Å²) in [5, 5.41) is 7.97. The van der Waals surface area contributed by atoms with Gasteiger partial charge in [0.1, 0.15) is 5.82 Å². The van der Waals surface area contributed by atoms with Crippen molar-refractivity contribution in [1.82, 2.24) is 5.32 Å². The van der Waals surface area contributed by atoms with Gasteiger partial charge in [0.15, 0.2) is 0 Å². The number of carbonyl (C=O) groups is 2. The molecular formula is C13H19FN4O2. The average molecular weight is 282 g/mol. The van der Waals surface area contributed by atoms with Gasteiger partial charge in [-0.2, -0.15) is 0 Å². The van der Waals surface area contributed by atoms with Gasteiger partial charge in [0.2, 0.25) is 11.8 Å². The summed E-state index contributed by atoms with van der Waals surface area (Å²) in [5.41, 5.74) is 6.04. The van der Waals surface area contributed by atoms with E-state index in [9.17, 15) is 14.0 Å². The van der Waals surface area contributed by atoms with Crippen LogP contribution in [0.3, 0.4) is 0 Å². The molecule has 0 aliphatic heterocycles. The summed E-state index contributed by atoms with van der Waals surface area (Å²) in [6.45, 7) is 3.45. The third-order valence-corrected chi connectivity index (χ3v) is 2.33. The summed E-state index contributed by atoms with van der Waals surface area (Å²) in [7, 11) is 0. The van der Waals surface area contributed by atoms with Crippen molar-refractivity contribution < 1.29 is 14.0 Å². The van der Waals surface area contributed by atoms with Crippen molar-refractivity contribution in [2.75, 3.05) is 23.7 Å². The topological polar surface area (TPSA) is 96.2 Å². The number of carbonyl (C=O) groups excluding carboxylic acids is 2. The van der Waals surface area contributed by atoms with Gasteiger partial charge in [-0.3, -0.25) is 9.59 Å². The van der Waals surface area contributed by atoms with Crippen LogP contribution in [0.15, 0.2) is 18.2 Å². The number of amides is 2. The van der Waals surface area contributed by atoms with Crippen LogP contribution in [0.25, 0.3) is 0 Å². The number of benzene rings is 1. The Bertz CT molecular complexity index is 491. The smallest absolute Gasteiger partial charge is 0.243 e. The zero-order valence-corrected chi connectivity index (χ0v) is 11.5. The highest BCUT2D eigenvalue weighted by molar-refractivity contribution is 5.97. The largest absolute Gasteiger partial charge is 0.381 e. The molecule has 0 fully saturated rings. The molecule has 0 radical (unpaired) electrons. The van der Waals surface area contributed by atoms with Gasteiger partial charge in [-0.15, -0.1) is 0 Å². The average Bonchev–Trinajstić information content (AvgIpc) is 2.38. The lowest BCUT2D eigenvalue weighted by molar-refractivity contribution is -0.123. The lowest BCUT2D eigenvalue weighted by Gasteiger charge is -2.15. The number of rotatable bonds is 6. The summed E-state index contributed by atoms with van der Waals surface area (Å²) < 4.78 is 13.2. The van der Waals surface area contributed by atoms with Gasteiger partial charge in [0.05, 0.1) is 24.5 Å². The van der Waals surface area contributed by atoms with E-state index in [0.717, 1.165) is 0 Å². The van der Waals surface area contributed by atoms with E-state index in [-0.39, 0.29) is 19.1 Å². The fraction of sp³-hybridized carbons (Fsp3) is 0.385.